The minimum absolute atomic E-state index is 0.0358. The number of aryl methyl sites for hydroxylation is 2. The fraction of sp³-hybridized carbons (Fsp3) is 0.286. The van der Waals surface area contributed by atoms with Gasteiger partial charge in [0, 0.05) is 30.3 Å². The summed E-state index contributed by atoms with van der Waals surface area (Å²) in [6, 6.07) is 7.49. The third-order valence-corrected chi connectivity index (χ3v) is 4.90. The van der Waals surface area contributed by atoms with Crippen LogP contribution in [0.5, 0.6) is 5.88 Å². The maximum Gasteiger partial charge on any atom is 0.254 e. The predicted molar refractivity (Wildman–Crippen MR) is 104 cm³/mol. The van der Waals surface area contributed by atoms with Crippen molar-refractivity contribution in [3.8, 4) is 17.0 Å². The van der Waals surface area contributed by atoms with Crippen molar-refractivity contribution >= 4 is 5.91 Å². The molecule has 4 rings (SSSR count). The van der Waals surface area contributed by atoms with E-state index in [1.807, 2.05) is 44.3 Å². The summed E-state index contributed by atoms with van der Waals surface area (Å²) in [5.41, 5.74) is 5.00. The van der Waals surface area contributed by atoms with Gasteiger partial charge in [0.1, 0.15) is 12.2 Å². The molecule has 7 nitrogen and oxygen atoms in total. The van der Waals surface area contributed by atoms with E-state index in [1.54, 1.807) is 12.0 Å². The average molecular weight is 375 g/mol. The molecule has 2 aromatic heterocycles. The minimum atomic E-state index is -0.0358. The van der Waals surface area contributed by atoms with E-state index in [9.17, 15) is 4.79 Å². The van der Waals surface area contributed by atoms with Crippen LogP contribution in [0.2, 0.25) is 0 Å². The molecule has 0 fully saturated rings. The number of nitrogens with zero attached hydrogens (tertiary/aromatic N) is 5. The van der Waals surface area contributed by atoms with E-state index in [0.29, 0.717) is 24.5 Å². The van der Waals surface area contributed by atoms with Crippen LogP contribution in [-0.4, -0.2) is 37.9 Å². The third kappa shape index (κ3) is 3.19. The summed E-state index contributed by atoms with van der Waals surface area (Å²) >= 11 is 0. The highest BCUT2D eigenvalue weighted by atomic mass is 16.5. The van der Waals surface area contributed by atoms with Crippen molar-refractivity contribution in [2.45, 2.75) is 33.4 Å². The Labute approximate surface area is 163 Å². The van der Waals surface area contributed by atoms with Crippen LogP contribution in [0.25, 0.3) is 11.1 Å². The fourth-order valence-electron chi connectivity index (χ4n) is 3.44. The number of benzene rings is 1. The molecule has 3 heterocycles. The Kier molecular flexibility index (Phi) is 4.73. The van der Waals surface area contributed by atoms with E-state index in [4.69, 9.17) is 4.74 Å². The number of fused-ring (bicyclic) bond motifs is 1. The number of hydrogen-bond acceptors (Lipinski definition) is 6. The number of amides is 1. The monoisotopic (exact) mass is 375 g/mol. The Morgan fingerprint density at radius 1 is 1.21 bits per heavy atom. The van der Waals surface area contributed by atoms with Crippen molar-refractivity contribution in [2.24, 2.45) is 0 Å². The molecule has 1 aliphatic rings. The lowest BCUT2D eigenvalue weighted by Crippen LogP contribution is -2.25. The van der Waals surface area contributed by atoms with E-state index >= 15 is 0 Å². The normalized spacial score (nSPS) is 12.8. The first-order valence-electron chi connectivity index (χ1n) is 9.19. The Hall–Kier alpha value is -3.35. The molecule has 142 valence electrons. The van der Waals surface area contributed by atoms with E-state index in [2.05, 4.69) is 19.9 Å². The highest BCUT2D eigenvalue weighted by molar-refractivity contribution is 5.96. The van der Waals surface area contributed by atoms with E-state index < -0.39 is 0 Å². The summed E-state index contributed by atoms with van der Waals surface area (Å²) in [5, 5.41) is 0. The van der Waals surface area contributed by atoms with Crippen molar-refractivity contribution in [3.05, 3.63) is 65.1 Å². The van der Waals surface area contributed by atoms with Gasteiger partial charge in [-0.25, -0.2) is 19.9 Å². The minimum Gasteiger partial charge on any atom is -0.480 e. The lowest BCUT2D eigenvalue weighted by molar-refractivity contribution is 0.0750. The molecule has 1 aromatic carbocycles. The Morgan fingerprint density at radius 3 is 2.86 bits per heavy atom. The van der Waals surface area contributed by atoms with Crippen molar-refractivity contribution in [3.63, 3.8) is 0 Å². The molecule has 0 saturated heterocycles. The first-order chi connectivity index (χ1) is 13.6. The molecule has 0 aliphatic carbocycles. The molecule has 28 heavy (non-hydrogen) atoms. The van der Waals surface area contributed by atoms with Crippen molar-refractivity contribution < 1.29 is 9.53 Å². The van der Waals surface area contributed by atoms with Gasteiger partial charge in [-0.3, -0.25) is 4.79 Å². The van der Waals surface area contributed by atoms with Gasteiger partial charge in [0.15, 0.2) is 0 Å². The van der Waals surface area contributed by atoms with Gasteiger partial charge >= 0.3 is 0 Å². The van der Waals surface area contributed by atoms with Gasteiger partial charge in [0.05, 0.1) is 30.6 Å². The smallest absolute Gasteiger partial charge is 0.254 e. The number of carbonyl (C=O) groups excluding carboxylic acids is 1. The highest BCUT2D eigenvalue weighted by Gasteiger charge is 2.26. The molecule has 0 atom stereocenters. The SMILES string of the molecule is CCc1ncc2c(n1)CN(C(=O)c1cccc(-c3c(C)ncnc3OC)c1)C2. The molecular weight excluding hydrogens is 354 g/mol. The predicted octanol–water partition coefficient (Wildman–Crippen LogP) is 2.97. The molecule has 1 amide bonds. The quantitative estimate of drug-likeness (QED) is 0.697. The fourth-order valence-corrected chi connectivity index (χ4v) is 3.44. The van der Waals surface area contributed by atoms with E-state index in [1.165, 1.54) is 6.33 Å². The third-order valence-electron chi connectivity index (χ3n) is 4.90. The molecule has 0 spiro atoms. The van der Waals surface area contributed by atoms with Gasteiger partial charge in [-0.05, 0) is 24.6 Å². The van der Waals surface area contributed by atoms with Gasteiger partial charge < -0.3 is 9.64 Å². The van der Waals surface area contributed by atoms with Gasteiger partial charge in [-0.1, -0.05) is 19.1 Å². The lowest BCUT2D eigenvalue weighted by Gasteiger charge is -2.16. The van der Waals surface area contributed by atoms with Crippen LogP contribution in [-0.2, 0) is 19.5 Å². The van der Waals surface area contributed by atoms with Crippen LogP contribution in [0.15, 0.2) is 36.8 Å². The van der Waals surface area contributed by atoms with E-state index in [-0.39, 0.29) is 5.91 Å². The van der Waals surface area contributed by atoms with Crippen LogP contribution < -0.4 is 4.74 Å². The first kappa shape index (κ1) is 18.0. The summed E-state index contributed by atoms with van der Waals surface area (Å²) < 4.78 is 5.38. The number of hydrogen-bond donors (Lipinski definition) is 0. The van der Waals surface area contributed by atoms with Crippen molar-refractivity contribution in [1.82, 2.24) is 24.8 Å². The second-order valence-corrected chi connectivity index (χ2v) is 6.70. The van der Waals surface area contributed by atoms with Crippen LogP contribution in [0.3, 0.4) is 0 Å². The summed E-state index contributed by atoms with van der Waals surface area (Å²) in [7, 11) is 1.58. The second-order valence-electron chi connectivity index (χ2n) is 6.70. The topological polar surface area (TPSA) is 81.1 Å². The number of rotatable bonds is 4. The molecule has 3 aromatic rings. The molecule has 0 unspecified atom stereocenters. The summed E-state index contributed by atoms with van der Waals surface area (Å²) in [6.07, 6.45) is 4.09. The van der Waals surface area contributed by atoms with Gasteiger partial charge in [-0.15, -0.1) is 0 Å². The largest absolute Gasteiger partial charge is 0.480 e. The summed E-state index contributed by atoms with van der Waals surface area (Å²) in [6.45, 7) is 4.95. The number of carbonyl (C=O) groups is 1. The Balaban J connectivity index is 1.63. The first-order valence-corrected chi connectivity index (χ1v) is 9.19. The zero-order valence-corrected chi connectivity index (χ0v) is 16.1. The number of aromatic nitrogens is 4. The highest BCUT2D eigenvalue weighted by Crippen LogP contribution is 2.31. The second kappa shape index (κ2) is 7.34. The molecule has 0 bridgehead atoms. The molecule has 0 N–H and O–H groups in total. The van der Waals surface area contributed by atoms with E-state index in [0.717, 1.165) is 40.3 Å². The maximum absolute atomic E-state index is 13.1. The Morgan fingerprint density at radius 2 is 2.07 bits per heavy atom. The van der Waals surface area contributed by atoms with Gasteiger partial charge in [0.25, 0.3) is 5.91 Å². The molecule has 1 aliphatic heterocycles. The van der Waals surface area contributed by atoms with Crippen LogP contribution in [0.4, 0.5) is 0 Å². The number of methoxy groups -OCH3 is 1. The zero-order chi connectivity index (χ0) is 19.7. The molecule has 0 saturated carbocycles. The van der Waals surface area contributed by atoms with Crippen LogP contribution in [0.1, 0.15) is 40.1 Å². The summed E-state index contributed by atoms with van der Waals surface area (Å²) in [5.74, 6) is 1.26. The molecular formula is C21H21N5O2. The van der Waals surface area contributed by atoms with Crippen LogP contribution in [0, 0.1) is 6.92 Å². The maximum atomic E-state index is 13.1. The average Bonchev–Trinajstić information content (AvgIpc) is 3.16. The molecule has 0 radical (unpaired) electrons. The standard InChI is InChI=1S/C21H21N5O2/c1-4-18-22-9-16-10-26(11-17(16)25-18)21(27)15-7-5-6-14(8-15)19-13(2)23-12-24-20(19)28-3/h5-9,12H,4,10-11H2,1-3H3. The Bertz CT molecular complexity index is 1050. The zero-order valence-electron chi connectivity index (χ0n) is 16.1. The van der Waals surface area contributed by atoms with Gasteiger partial charge in [-0.2, -0.15) is 0 Å². The van der Waals surface area contributed by atoms with Crippen LogP contribution >= 0.6 is 0 Å². The lowest BCUT2D eigenvalue weighted by atomic mass is 10.0. The van der Waals surface area contributed by atoms with Crippen molar-refractivity contribution in [1.29, 1.82) is 0 Å². The summed E-state index contributed by atoms with van der Waals surface area (Å²) in [4.78, 5) is 32.2. The molecule has 7 heteroatoms. The van der Waals surface area contributed by atoms with Gasteiger partial charge in [0.2, 0.25) is 5.88 Å². The number of ether oxygens (including phenoxy) is 1. The van der Waals surface area contributed by atoms with Crippen molar-refractivity contribution in [2.75, 3.05) is 7.11 Å².